The number of hydrogen-bond acceptors (Lipinski definition) is 5. The van der Waals surface area contributed by atoms with Crippen molar-refractivity contribution in [3.05, 3.63) is 475 Å². The minimum absolute atomic E-state index is 0.445. The van der Waals surface area contributed by atoms with Crippen molar-refractivity contribution in [1.29, 1.82) is 0 Å². The van der Waals surface area contributed by atoms with Gasteiger partial charge in [-0.3, -0.25) is 0 Å². The minimum atomic E-state index is -0.452. The van der Waals surface area contributed by atoms with Gasteiger partial charge in [0.1, 0.15) is 22.3 Å². The number of furan rings is 2. The van der Waals surface area contributed by atoms with E-state index in [1.165, 1.54) is 136 Å². The lowest BCUT2D eigenvalue weighted by Crippen LogP contribution is -2.25. The third kappa shape index (κ3) is 9.78. The van der Waals surface area contributed by atoms with Crippen LogP contribution in [0.3, 0.4) is 0 Å². The lowest BCUT2D eigenvalue weighted by molar-refractivity contribution is 0.669. The molecule has 4 aliphatic carbocycles. The van der Waals surface area contributed by atoms with Gasteiger partial charge in [0.05, 0.1) is 44.3 Å². The SMILES string of the molecule is c1ccc2c(c1)-c1ccccc1C21c2ccccc2-c2cc3c(-c4cc(-c5cccc6c5oc5ccccc56)cc(-c5cccc6c5sc5ccccc56)c4)nc4ccccc4c3cc21.c1ccc2c(c1)-c1ccccc1C21c2ccccc2-c2cc3c(-c4cc(-c5cccc6c5oc5ccccc56)cc(-n5c6ccccc6c6ccccc65)c4)nc4ccccc4c3cc21. The van der Waals surface area contributed by atoms with E-state index in [0.717, 1.165) is 144 Å². The Labute approximate surface area is 750 Å². The standard InChI is InChI=1S/C62H36N2O.C62H35NOS/c1-8-25-52-41(16-1)42-17-2-9-26-53(42)62(52)54-27-10-3-18-43(54)50-35-51-49(36-55(50)62)44-19-4-11-28-56(44)63-60(51)38-32-37(40-23-15-24-48-47-22-7-14-31-59(47)65-61(40)48)33-39(34-38)64-57-29-12-5-20-45(57)46-21-6-13-30-58(46)64;1-7-25-52-41(15-1)42-16-2-8-26-53(42)62(52)54-27-9-3-17-43(54)50-34-51-49(35-55(50)62)44-18-4-10-28-56(44)63-59(51)38-32-36(39-21-13-23-47-45-19-5-11-29-57(45)64-60(39)47)31-37(33-38)40-22-14-24-48-46-20-6-12-30-58(46)65-61(40)48/h1-36H;1-35H. The predicted octanol–water partition coefficient (Wildman–Crippen LogP) is 33.1. The van der Waals surface area contributed by atoms with Crippen LogP contribution in [-0.4, -0.2) is 14.5 Å². The molecule has 0 amide bonds. The highest BCUT2D eigenvalue weighted by atomic mass is 32.1. The molecule has 600 valence electrons. The summed E-state index contributed by atoms with van der Waals surface area (Å²) in [4.78, 5) is 11.3. The Morgan fingerprint density at radius 3 is 1.00 bits per heavy atom. The van der Waals surface area contributed by atoms with E-state index < -0.39 is 10.8 Å². The average molecular weight is 1670 g/mol. The van der Waals surface area contributed by atoms with E-state index in [1.54, 1.807) is 0 Å². The van der Waals surface area contributed by atoms with Gasteiger partial charge in [-0.2, -0.15) is 0 Å². The summed E-state index contributed by atoms with van der Waals surface area (Å²) in [6, 6.07) is 159. The summed E-state index contributed by atoms with van der Waals surface area (Å²) < 4.78 is 18.5. The van der Waals surface area contributed by atoms with Crippen molar-refractivity contribution in [1.82, 2.24) is 14.5 Å². The second-order valence-corrected chi connectivity index (χ2v) is 36.4. The minimum Gasteiger partial charge on any atom is -0.455 e. The van der Waals surface area contributed by atoms with Crippen LogP contribution in [0.1, 0.15) is 44.5 Å². The number of pyridine rings is 2. The Hall–Kier alpha value is -16.6. The second kappa shape index (κ2) is 27.0. The highest BCUT2D eigenvalue weighted by molar-refractivity contribution is 7.26. The van der Waals surface area contributed by atoms with Gasteiger partial charge in [-0.15, -0.1) is 11.3 Å². The van der Waals surface area contributed by atoms with Gasteiger partial charge in [0.15, 0.2) is 0 Å². The monoisotopic (exact) mass is 1670 g/mol. The zero-order valence-corrected chi connectivity index (χ0v) is 70.9. The van der Waals surface area contributed by atoms with Crippen LogP contribution in [0.5, 0.6) is 0 Å². The van der Waals surface area contributed by atoms with Gasteiger partial charge < -0.3 is 13.4 Å². The Morgan fingerprint density at radius 1 is 0.208 bits per heavy atom. The number of nitrogens with zero attached hydrogens (tertiary/aromatic N) is 3. The van der Waals surface area contributed by atoms with Gasteiger partial charge in [-0.25, -0.2) is 9.97 Å². The Morgan fingerprint density at radius 2 is 0.531 bits per heavy atom. The van der Waals surface area contributed by atoms with E-state index in [9.17, 15) is 0 Å². The highest BCUT2D eigenvalue weighted by Crippen LogP contribution is 2.66. The molecule has 4 aliphatic rings. The zero-order valence-electron chi connectivity index (χ0n) is 70.1. The van der Waals surface area contributed by atoms with Crippen LogP contribution in [0.15, 0.2) is 440 Å². The maximum atomic E-state index is 6.74. The molecule has 0 fully saturated rings. The van der Waals surface area contributed by atoms with Crippen LogP contribution >= 0.6 is 11.3 Å². The molecule has 6 aromatic heterocycles. The van der Waals surface area contributed by atoms with Crippen LogP contribution < -0.4 is 0 Å². The summed E-state index contributed by atoms with van der Waals surface area (Å²) in [6.45, 7) is 0. The second-order valence-electron chi connectivity index (χ2n) is 35.4. The molecule has 6 heteroatoms. The number of rotatable bonds is 6. The number of thiophene rings is 1. The van der Waals surface area contributed by atoms with Gasteiger partial charge in [-0.05, 0) is 225 Å². The van der Waals surface area contributed by atoms with Gasteiger partial charge in [-0.1, -0.05) is 328 Å². The summed E-state index contributed by atoms with van der Waals surface area (Å²) in [6.07, 6.45) is 0. The van der Waals surface area contributed by atoms with E-state index in [4.69, 9.17) is 18.8 Å². The smallest absolute Gasteiger partial charge is 0.143 e. The lowest BCUT2D eigenvalue weighted by Gasteiger charge is -2.30. The molecular weight excluding hydrogens is 1600 g/mol. The fourth-order valence-electron chi connectivity index (χ4n) is 23.7. The molecule has 30 rings (SSSR count). The molecule has 0 aliphatic heterocycles. The Balaban J connectivity index is 0.000000128. The summed E-state index contributed by atoms with van der Waals surface area (Å²) in [7, 11) is 0. The molecule has 2 spiro atoms. The van der Waals surface area contributed by atoms with Crippen molar-refractivity contribution in [3.8, 4) is 106 Å². The third-order valence-corrected chi connectivity index (χ3v) is 30.2. The maximum absolute atomic E-state index is 6.74. The van der Waals surface area contributed by atoms with Crippen molar-refractivity contribution in [3.63, 3.8) is 0 Å². The topological polar surface area (TPSA) is 57.0 Å². The first-order valence-corrected chi connectivity index (χ1v) is 45.6. The molecule has 20 aromatic carbocycles. The fraction of sp³-hybridized carbons (Fsp3) is 0.0161. The van der Waals surface area contributed by atoms with Crippen molar-refractivity contribution >= 4 is 141 Å². The first-order chi connectivity index (χ1) is 64.5. The van der Waals surface area contributed by atoms with Crippen LogP contribution in [0.25, 0.3) is 235 Å². The number of para-hydroxylation sites is 8. The molecule has 0 saturated heterocycles. The van der Waals surface area contributed by atoms with E-state index in [0.29, 0.717) is 0 Å². The normalized spacial score (nSPS) is 13.4. The molecular formula is C124H71N3O2S. The van der Waals surface area contributed by atoms with Crippen molar-refractivity contribution < 1.29 is 8.83 Å². The number of aromatic nitrogens is 3. The molecule has 0 unspecified atom stereocenters. The molecule has 26 aromatic rings. The third-order valence-electron chi connectivity index (χ3n) is 29.0. The van der Waals surface area contributed by atoms with Crippen LogP contribution in [0.2, 0.25) is 0 Å². The lowest BCUT2D eigenvalue weighted by atomic mass is 9.70. The molecule has 130 heavy (non-hydrogen) atoms. The summed E-state index contributed by atoms with van der Waals surface area (Å²) >= 11 is 1.87. The fourth-order valence-corrected chi connectivity index (χ4v) is 25.0. The molecule has 0 saturated carbocycles. The van der Waals surface area contributed by atoms with Gasteiger partial charge >= 0.3 is 0 Å². The van der Waals surface area contributed by atoms with Gasteiger partial charge in [0.25, 0.3) is 0 Å². The van der Waals surface area contributed by atoms with Crippen LogP contribution in [-0.2, 0) is 10.8 Å². The van der Waals surface area contributed by atoms with Crippen molar-refractivity contribution in [2.75, 3.05) is 0 Å². The van der Waals surface area contributed by atoms with Gasteiger partial charge in [0.2, 0.25) is 0 Å². The molecule has 0 radical (unpaired) electrons. The van der Waals surface area contributed by atoms with Crippen LogP contribution in [0, 0.1) is 0 Å². The molecule has 6 heterocycles. The number of fused-ring (bicyclic) bond motifs is 38. The van der Waals surface area contributed by atoms with Crippen molar-refractivity contribution in [2.45, 2.75) is 10.8 Å². The van der Waals surface area contributed by atoms with E-state index in [1.807, 2.05) is 23.5 Å². The number of hydrogen-bond donors (Lipinski definition) is 0. The number of benzene rings is 20. The van der Waals surface area contributed by atoms with Crippen molar-refractivity contribution in [2.24, 2.45) is 0 Å². The quantitative estimate of drug-likeness (QED) is 0.156. The summed E-state index contributed by atoms with van der Waals surface area (Å²) in [5.74, 6) is 0. The Bertz CT molecular complexity index is 9210. The molecule has 5 nitrogen and oxygen atoms in total. The van der Waals surface area contributed by atoms with E-state index >= 15 is 0 Å². The average Bonchev–Trinajstić information content (AvgIpc) is 1.51. The largest absolute Gasteiger partial charge is 0.455 e. The molecule has 0 atom stereocenters. The van der Waals surface area contributed by atoms with E-state index in [-0.39, 0.29) is 0 Å². The Kier molecular flexibility index (Phi) is 14.9. The first kappa shape index (κ1) is 71.6. The van der Waals surface area contributed by atoms with Crippen LogP contribution in [0.4, 0.5) is 0 Å². The van der Waals surface area contributed by atoms with E-state index in [2.05, 4.69) is 423 Å². The predicted molar refractivity (Wildman–Crippen MR) is 540 cm³/mol. The zero-order chi connectivity index (χ0) is 84.8. The summed E-state index contributed by atoms with van der Waals surface area (Å²) in [5.41, 5.74) is 39.6. The first-order valence-electron chi connectivity index (χ1n) is 44.8. The molecule has 0 bridgehead atoms. The molecule has 0 N–H and O–H groups in total. The summed E-state index contributed by atoms with van der Waals surface area (Å²) in [5, 5.41) is 16.4. The van der Waals surface area contributed by atoms with Gasteiger partial charge in [0, 0.05) is 102 Å². The maximum Gasteiger partial charge on any atom is 0.143 e. The highest BCUT2D eigenvalue weighted by Gasteiger charge is 2.54.